The number of rotatable bonds is 2. The minimum absolute atomic E-state index is 0.0872. The molecule has 108 valence electrons. The quantitative estimate of drug-likeness (QED) is 0.824. The highest BCUT2D eigenvalue weighted by atomic mass is 16.5. The zero-order chi connectivity index (χ0) is 13.1. The van der Waals surface area contributed by atoms with E-state index in [2.05, 4.69) is 10.2 Å². The molecule has 19 heavy (non-hydrogen) atoms. The molecule has 1 unspecified atom stereocenters. The molecule has 0 aromatic heterocycles. The second-order valence-corrected chi connectivity index (χ2v) is 6.53. The van der Waals surface area contributed by atoms with Crippen molar-refractivity contribution in [1.29, 1.82) is 0 Å². The number of carbonyl (C=O) groups excluding carboxylic acids is 1. The van der Waals surface area contributed by atoms with E-state index in [-0.39, 0.29) is 6.10 Å². The van der Waals surface area contributed by atoms with Crippen molar-refractivity contribution in [1.82, 2.24) is 10.2 Å². The summed E-state index contributed by atoms with van der Waals surface area (Å²) < 4.78 is 5.64. The lowest BCUT2D eigenvalue weighted by Crippen LogP contribution is -2.42. The van der Waals surface area contributed by atoms with Crippen LogP contribution in [0.2, 0.25) is 0 Å². The van der Waals surface area contributed by atoms with E-state index in [1.807, 2.05) is 0 Å². The lowest BCUT2D eigenvalue weighted by molar-refractivity contribution is -0.134. The van der Waals surface area contributed by atoms with Gasteiger partial charge in [0.15, 0.2) is 0 Å². The van der Waals surface area contributed by atoms with Gasteiger partial charge in [0, 0.05) is 26.2 Å². The van der Waals surface area contributed by atoms with Crippen LogP contribution in [0.3, 0.4) is 0 Å². The average molecular weight is 266 g/mol. The van der Waals surface area contributed by atoms with Gasteiger partial charge in [-0.1, -0.05) is 19.3 Å². The van der Waals surface area contributed by atoms with E-state index in [1.54, 1.807) is 0 Å². The van der Waals surface area contributed by atoms with Crippen LogP contribution in [0.5, 0.6) is 0 Å². The largest absolute Gasteiger partial charge is 0.375 e. The van der Waals surface area contributed by atoms with Crippen LogP contribution in [-0.4, -0.2) is 49.7 Å². The Hall–Kier alpha value is -0.610. The van der Waals surface area contributed by atoms with Gasteiger partial charge in [0.2, 0.25) is 5.91 Å². The Bertz CT molecular complexity index is 320. The molecule has 2 aliphatic heterocycles. The summed E-state index contributed by atoms with van der Waals surface area (Å²) in [4.78, 5) is 14.5. The molecule has 0 radical (unpaired) electrons. The summed E-state index contributed by atoms with van der Waals surface area (Å²) >= 11 is 0. The van der Waals surface area contributed by atoms with E-state index >= 15 is 0 Å². The summed E-state index contributed by atoms with van der Waals surface area (Å²) in [5.41, 5.74) is 0.472. The normalized spacial score (nSPS) is 30.7. The molecule has 2 heterocycles. The maximum atomic E-state index is 12.4. The Balaban J connectivity index is 1.50. The molecule has 1 saturated carbocycles. The van der Waals surface area contributed by atoms with Gasteiger partial charge < -0.3 is 15.0 Å². The minimum atomic E-state index is 0.0872. The molecular formula is C15H26N2O2. The van der Waals surface area contributed by atoms with Crippen LogP contribution in [0, 0.1) is 5.41 Å². The predicted octanol–water partition coefficient (Wildman–Crippen LogP) is 1.55. The van der Waals surface area contributed by atoms with Crippen molar-refractivity contribution in [3.63, 3.8) is 0 Å². The number of morpholine rings is 1. The Labute approximate surface area is 115 Å². The molecule has 2 saturated heterocycles. The molecule has 1 amide bonds. The van der Waals surface area contributed by atoms with Crippen LogP contribution in [0.15, 0.2) is 0 Å². The van der Waals surface area contributed by atoms with Crippen molar-refractivity contribution in [3.05, 3.63) is 0 Å². The molecule has 1 spiro atoms. The summed E-state index contributed by atoms with van der Waals surface area (Å²) in [5.74, 6) is 0.302. The third-order valence-corrected chi connectivity index (χ3v) is 5.11. The molecule has 1 atom stereocenters. The Morgan fingerprint density at radius 2 is 2.11 bits per heavy atom. The van der Waals surface area contributed by atoms with Crippen molar-refractivity contribution < 1.29 is 9.53 Å². The van der Waals surface area contributed by atoms with Gasteiger partial charge in [0.05, 0.1) is 19.1 Å². The van der Waals surface area contributed by atoms with Gasteiger partial charge in [-0.3, -0.25) is 4.79 Å². The molecule has 1 aliphatic carbocycles. The number of nitrogens with zero attached hydrogens (tertiary/aromatic N) is 1. The molecule has 0 bridgehead atoms. The van der Waals surface area contributed by atoms with Crippen molar-refractivity contribution in [3.8, 4) is 0 Å². The Morgan fingerprint density at radius 3 is 2.84 bits per heavy atom. The van der Waals surface area contributed by atoms with E-state index < -0.39 is 0 Å². The van der Waals surface area contributed by atoms with Gasteiger partial charge in [-0.15, -0.1) is 0 Å². The Kier molecular flexibility index (Phi) is 4.08. The summed E-state index contributed by atoms with van der Waals surface area (Å²) in [7, 11) is 0. The smallest absolute Gasteiger partial charge is 0.225 e. The Morgan fingerprint density at radius 1 is 1.26 bits per heavy atom. The van der Waals surface area contributed by atoms with Crippen LogP contribution in [0.25, 0.3) is 0 Å². The molecule has 0 aromatic rings. The highest BCUT2D eigenvalue weighted by Crippen LogP contribution is 2.43. The van der Waals surface area contributed by atoms with E-state index in [1.165, 1.54) is 38.5 Å². The van der Waals surface area contributed by atoms with E-state index in [0.29, 0.717) is 17.7 Å². The second kappa shape index (κ2) is 5.80. The number of hydrogen-bond acceptors (Lipinski definition) is 3. The highest BCUT2D eigenvalue weighted by Gasteiger charge is 2.40. The third-order valence-electron chi connectivity index (χ3n) is 5.11. The number of nitrogens with one attached hydrogen (secondary N) is 1. The molecule has 3 aliphatic rings. The summed E-state index contributed by atoms with van der Waals surface area (Å²) in [6.45, 7) is 4.45. The van der Waals surface area contributed by atoms with E-state index in [0.717, 1.165) is 32.8 Å². The standard InChI is InChI=1S/C15H26N2O2/c18-14(10-13-11-16-7-9-19-13)17-8-6-15(12-17)4-2-1-3-5-15/h13,16H,1-12H2. The van der Waals surface area contributed by atoms with Crippen molar-refractivity contribution in [2.75, 3.05) is 32.8 Å². The summed E-state index contributed by atoms with van der Waals surface area (Å²) in [5, 5.41) is 3.29. The topological polar surface area (TPSA) is 41.6 Å². The zero-order valence-electron chi connectivity index (χ0n) is 11.8. The molecular weight excluding hydrogens is 240 g/mol. The van der Waals surface area contributed by atoms with Crippen molar-refractivity contribution in [2.45, 2.75) is 51.0 Å². The van der Waals surface area contributed by atoms with Crippen LogP contribution in [0.4, 0.5) is 0 Å². The first-order valence-corrected chi connectivity index (χ1v) is 7.88. The molecule has 4 heteroatoms. The number of likely N-dealkylation sites (tertiary alicyclic amines) is 1. The van der Waals surface area contributed by atoms with Crippen LogP contribution in [-0.2, 0) is 9.53 Å². The number of hydrogen-bond donors (Lipinski definition) is 1. The summed E-state index contributed by atoms with van der Waals surface area (Å²) in [6, 6.07) is 0. The average Bonchev–Trinajstić information content (AvgIpc) is 2.85. The third kappa shape index (κ3) is 3.11. The first-order valence-electron chi connectivity index (χ1n) is 7.88. The minimum Gasteiger partial charge on any atom is -0.375 e. The predicted molar refractivity (Wildman–Crippen MR) is 73.9 cm³/mol. The van der Waals surface area contributed by atoms with Crippen molar-refractivity contribution >= 4 is 5.91 Å². The van der Waals surface area contributed by atoms with Gasteiger partial charge in [-0.25, -0.2) is 0 Å². The van der Waals surface area contributed by atoms with Gasteiger partial charge in [-0.2, -0.15) is 0 Å². The molecule has 0 aromatic carbocycles. The fourth-order valence-corrected chi connectivity index (χ4v) is 3.93. The maximum Gasteiger partial charge on any atom is 0.225 e. The van der Waals surface area contributed by atoms with Crippen LogP contribution < -0.4 is 5.32 Å². The SMILES string of the molecule is O=C(CC1CNCCO1)N1CCC2(CCCCC2)C1. The first-order chi connectivity index (χ1) is 9.27. The van der Waals surface area contributed by atoms with E-state index in [4.69, 9.17) is 4.74 Å². The summed E-state index contributed by atoms with van der Waals surface area (Å²) in [6.07, 6.45) is 8.64. The van der Waals surface area contributed by atoms with Gasteiger partial charge in [0.1, 0.15) is 0 Å². The number of ether oxygens (including phenoxy) is 1. The van der Waals surface area contributed by atoms with Crippen LogP contribution >= 0.6 is 0 Å². The molecule has 3 fully saturated rings. The van der Waals surface area contributed by atoms with Crippen LogP contribution in [0.1, 0.15) is 44.9 Å². The maximum absolute atomic E-state index is 12.4. The van der Waals surface area contributed by atoms with Crippen molar-refractivity contribution in [2.24, 2.45) is 5.41 Å². The highest BCUT2D eigenvalue weighted by molar-refractivity contribution is 5.77. The fourth-order valence-electron chi connectivity index (χ4n) is 3.93. The molecule has 1 N–H and O–H groups in total. The number of amides is 1. The lowest BCUT2D eigenvalue weighted by atomic mass is 9.73. The van der Waals surface area contributed by atoms with Gasteiger partial charge in [-0.05, 0) is 24.7 Å². The second-order valence-electron chi connectivity index (χ2n) is 6.53. The lowest BCUT2D eigenvalue weighted by Gasteiger charge is -2.33. The van der Waals surface area contributed by atoms with Gasteiger partial charge in [0.25, 0.3) is 0 Å². The zero-order valence-corrected chi connectivity index (χ0v) is 11.8. The van der Waals surface area contributed by atoms with Gasteiger partial charge >= 0.3 is 0 Å². The molecule has 4 nitrogen and oxygen atoms in total. The fraction of sp³-hybridized carbons (Fsp3) is 0.933. The number of carbonyl (C=O) groups is 1. The van der Waals surface area contributed by atoms with E-state index in [9.17, 15) is 4.79 Å². The molecule has 3 rings (SSSR count). The first kappa shape index (κ1) is 13.4. The monoisotopic (exact) mass is 266 g/mol.